The number of hydrogen-bond donors (Lipinski definition) is 2. The van der Waals surface area contributed by atoms with Crippen LogP contribution in [0.5, 0.6) is 11.5 Å². The molecule has 1 heterocycles. The van der Waals surface area contributed by atoms with Crippen molar-refractivity contribution in [2.45, 2.75) is 4.90 Å². The molecule has 1 amide bonds. The summed E-state index contributed by atoms with van der Waals surface area (Å²) in [5.74, 6) is 0.231. The second-order valence-electron chi connectivity index (χ2n) is 6.77. The number of amides is 1. The molecule has 0 saturated carbocycles. The molecule has 0 fully saturated rings. The van der Waals surface area contributed by atoms with E-state index in [0.717, 1.165) is 5.39 Å². The van der Waals surface area contributed by atoms with Gasteiger partial charge >= 0.3 is 0 Å². The Balaban J connectivity index is 1.64. The molecule has 0 unspecified atom stereocenters. The van der Waals surface area contributed by atoms with Gasteiger partial charge in [-0.15, -0.1) is 0 Å². The van der Waals surface area contributed by atoms with Crippen LogP contribution in [0.15, 0.2) is 82.1 Å². The zero-order chi connectivity index (χ0) is 22.7. The Morgan fingerprint density at radius 3 is 2.28 bits per heavy atom. The van der Waals surface area contributed by atoms with Gasteiger partial charge in [-0.05, 0) is 42.5 Å². The maximum absolute atomic E-state index is 13.0. The van der Waals surface area contributed by atoms with Crippen LogP contribution in [0.1, 0.15) is 10.6 Å². The molecule has 8 nitrogen and oxygen atoms in total. The predicted molar refractivity (Wildman–Crippen MR) is 121 cm³/mol. The molecule has 0 aliphatic heterocycles. The summed E-state index contributed by atoms with van der Waals surface area (Å²) in [5.41, 5.74) is 1.04. The van der Waals surface area contributed by atoms with Crippen LogP contribution in [0, 0.1) is 0 Å². The van der Waals surface area contributed by atoms with Gasteiger partial charge in [0, 0.05) is 5.39 Å². The Morgan fingerprint density at radius 1 is 0.844 bits per heavy atom. The third kappa shape index (κ3) is 4.23. The van der Waals surface area contributed by atoms with Gasteiger partial charge in [-0.2, -0.15) is 0 Å². The van der Waals surface area contributed by atoms with E-state index in [-0.39, 0.29) is 16.3 Å². The van der Waals surface area contributed by atoms with Crippen molar-refractivity contribution in [3.8, 4) is 11.5 Å². The molecule has 32 heavy (non-hydrogen) atoms. The number of furan rings is 1. The number of ether oxygens (including phenoxy) is 2. The minimum Gasteiger partial charge on any atom is -0.495 e. The number of rotatable bonds is 7. The summed E-state index contributed by atoms with van der Waals surface area (Å²) in [4.78, 5) is 12.7. The number of sulfonamides is 1. The summed E-state index contributed by atoms with van der Waals surface area (Å²) in [6.45, 7) is 0. The molecule has 0 spiro atoms. The fourth-order valence-corrected chi connectivity index (χ4v) is 4.26. The minimum atomic E-state index is -3.97. The first-order valence-corrected chi connectivity index (χ1v) is 11.0. The first-order valence-electron chi connectivity index (χ1n) is 9.55. The van der Waals surface area contributed by atoms with Crippen LogP contribution in [0.4, 0.5) is 11.4 Å². The number of hydrogen-bond acceptors (Lipinski definition) is 6. The molecular formula is C23H20N2O6S. The number of fused-ring (bicyclic) bond motifs is 1. The summed E-state index contributed by atoms with van der Waals surface area (Å²) in [6.07, 6.45) is 0. The van der Waals surface area contributed by atoms with Gasteiger partial charge in [0.25, 0.3) is 15.9 Å². The normalized spacial score (nSPS) is 11.2. The molecule has 0 bridgehead atoms. The van der Waals surface area contributed by atoms with E-state index in [0.29, 0.717) is 22.8 Å². The van der Waals surface area contributed by atoms with Gasteiger partial charge in [0.2, 0.25) is 0 Å². The molecule has 3 aromatic carbocycles. The quantitative estimate of drug-likeness (QED) is 0.427. The lowest BCUT2D eigenvalue weighted by Crippen LogP contribution is -2.16. The van der Waals surface area contributed by atoms with Crippen molar-refractivity contribution in [2.75, 3.05) is 24.3 Å². The van der Waals surface area contributed by atoms with Crippen LogP contribution in [-0.4, -0.2) is 28.5 Å². The second kappa shape index (κ2) is 8.64. The van der Waals surface area contributed by atoms with Crippen molar-refractivity contribution in [3.63, 3.8) is 0 Å². The number of benzene rings is 3. The molecule has 4 rings (SSSR count). The van der Waals surface area contributed by atoms with Crippen molar-refractivity contribution >= 4 is 38.3 Å². The Bertz CT molecular complexity index is 1360. The molecule has 0 saturated heterocycles. The molecule has 9 heteroatoms. The highest BCUT2D eigenvalue weighted by Gasteiger charge is 2.20. The highest BCUT2D eigenvalue weighted by Crippen LogP contribution is 2.31. The molecule has 0 aliphatic carbocycles. The summed E-state index contributed by atoms with van der Waals surface area (Å²) in [6, 6.07) is 19.6. The molecule has 0 radical (unpaired) electrons. The van der Waals surface area contributed by atoms with E-state index in [4.69, 9.17) is 13.9 Å². The Hall–Kier alpha value is -3.98. The fraction of sp³-hybridized carbons (Fsp3) is 0.0870. The average Bonchev–Trinajstić information content (AvgIpc) is 3.24. The molecular weight excluding hydrogens is 432 g/mol. The van der Waals surface area contributed by atoms with E-state index in [9.17, 15) is 13.2 Å². The largest absolute Gasteiger partial charge is 0.495 e. The van der Waals surface area contributed by atoms with Gasteiger partial charge in [-0.25, -0.2) is 8.42 Å². The third-order valence-electron chi connectivity index (χ3n) is 4.73. The van der Waals surface area contributed by atoms with Crippen molar-refractivity contribution in [3.05, 3.63) is 78.6 Å². The molecule has 1 aromatic heterocycles. The molecule has 2 N–H and O–H groups in total. The summed E-state index contributed by atoms with van der Waals surface area (Å²) in [7, 11) is -1.10. The van der Waals surface area contributed by atoms with Crippen LogP contribution < -0.4 is 19.5 Å². The Morgan fingerprint density at radius 2 is 1.53 bits per heavy atom. The van der Waals surface area contributed by atoms with Gasteiger partial charge in [-0.3, -0.25) is 9.52 Å². The van der Waals surface area contributed by atoms with E-state index >= 15 is 0 Å². The summed E-state index contributed by atoms with van der Waals surface area (Å²) >= 11 is 0. The number of anilines is 2. The second-order valence-corrected chi connectivity index (χ2v) is 8.45. The van der Waals surface area contributed by atoms with Gasteiger partial charge in [0.1, 0.15) is 17.1 Å². The van der Waals surface area contributed by atoms with E-state index in [1.165, 1.54) is 32.4 Å². The van der Waals surface area contributed by atoms with Crippen LogP contribution in [0.2, 0.25) is 0 Å². The zero-order valence-electron chi connectivity index (χ0n) is 17.3. The van der Waals surface area contributed by atoms with Gasteiger partial charge in [-0.1, -0.05) is 30.3 Å². The summed E-state index contributed by atoms with van der Waals surface area (Å²) in [5, 5.41) is 3.44. The monoisotopic (exact) mass is 452 g/mol. The third-order valence-corrected chi connectivity index (χ3v) is 6.09. The average molecular weight is 452 g/mol. The topological polar surface area (TPSA) is 107 Å². The van der Waals surface area contributed by atoms with Crippen LogP contribution in [-0.2, 0) is 10.0 Å². The molecule has 0 aliphatic rings. The van der Waals surface area contributed by atoms with Gasteiger partial charge in [0.15, 0.2) is 5.76 Å². The van der Waals surface area contributed by atoms with E-state index in [1.54, 1.807) is 42.5 Å². The number of carbonyl (C=O) groups excluding carboxylic acids is 1. The number of carbonyl (C=O) groups is 1. The first kappa shape index (κ1) is 21.3. The maximum atomic E-state index is 13.0. The zero-order valence-corrected chi connectivity index (χ0v) is 18.1. The smallest absolute Gasteiger partial charge is 0.291 e. The number of methoxy groups -OCH3 is 2. The molecule has 4 aromatic rings. The Kier molecular flexibility index (Phi) is 5.74. The van der Waals surface area contributed by atoms with Gasteiger partial charge in [0.05, 0.1) is 30.5 Å². The lowest BCUT2D eigenvalue weighted by molar-refractivity contribution is 0.0998. The first-order chi connectivity index (χ1) is 15.4. The number of nitrogens with one attached hydrogen (secondary N) is 2. The SMILES string of the molecule is COc1ccc(S(=O)(=O)Nc2ccccc2OC)cc1NC(=O)c1cc2ccccc2o1. The van der Waals surface area contributed by atoms with Crippen molar-refractivity contribution in [1.29, 1.82) is 0 Å². The summed E-state index contributed by atoms with van der Waals surface area (Å²) < 4.78 is 44.5. The molecule has 164 valence electrons. The highest BCUT2D eigenvalue weighted by molar-refractivity contribution is 7.92. The fourth-order valence-electron chi connectivity index (χ4n) is 3.16. The van der Waals surface area contributed by atoms with Crippen molar-refractivity contribution in [2.24, 2.45) is 0 Å². The van der Waals surface area contributed by atoms with Crippen LogP contribution in [0.25, 0.3) is 11.0 Å². The lowest BCUT2D eigenvalue weighted by Gasteiger charge is -2.14. The molecule has 0 atom stereocenters. The highest BCUT2D eigenvalue weighted by atomic mass is 32.2. The van der Waals surface area contributed by atoms with E-state index in [1.807, 2.05) is 12.1 Å². The van der Waals surface area contributed by atoms with E-state index < -0.39 is 15.9 Å². The van der Waals surface area contributed by atoms with Crippen molar-refractivity contribution < 1.29 is 27.1 Å². The van der Waals surface area contributed by atoms with E-state index in [2.05, 4.69) is 10.0 Å². The maximum Gasteiger partial charge on any atom is 0.291 e. The standard InChI is InChI=1S/C23H20N2O6S/c1-29-20-10-6-4-8-17(20)25-32(27,28)16-11-12-21(30-2)18(14-16)24-23(26)22-13-15-7-3-5-9-19(15)31-22/h3-14,25H,1-2H3,(H,24,26). The van der Waals surface area contributed by atoms with Crippen LogP contribution >= 0.6 is 0 Å². The Labute approximate surface area is 184 Å². The lowest BCUT2D eigenvalue weighted by atomic mass is 10.2. The predicted octanol–water partition coefficient (Wildman–Crippen LogP) is 4.50. The minimum absolute atomic E-state index is 0.0656. The van der Waals surface area contributed by atoms with Crippen molar-refractivity contribution in [1.82, 2.24) is 0 Å². The number of para-hydroxylation sites is 3. The van der Waals surface area contributed by atoms with Crippen LogP contribution in [0.3, 0.4) is 0 Å². The van der Waals surface area contributed by atoms with Gasteiger partial charge < -0.3 is 19.2 Å².